The molecule has 6 aromatic rings. The summed E-state index contributed by atoms with van der Waals surface area (Å²) >= 11 is 0. The van der Waals surface area contributed by atoms with E-state index >= 15 is 0 Å². The molecule has 0 bridgehead atoms. The Hall–Kier alpha value is -4.54. The van der Waals surface area contributed by atoms with Crippen LogP contribution in [0, 0.1) is 0 Å². The van der Waals surface area contributed by atoms with Gasteiger partial charge in [0.2, 0.25) is 0 Å². The van der Waals surface area contributed by atoms with E-state index in [4.69, 9.17) is 4.42 Å². The Bertz CT molecular complexity index is 1670. The van der Waals surface area contributed by atoms with Crippen molar-refractivity contribution in [1.29, 1.82) is 0 Å². The predicted octanol–water partition coefficient (Wildman–Crippen LogP) is 8.05. The molecule has 1 atom stereocenters. The molecule has 0 aliphatic carbocycles. The molecule has 0 saturated carbocycles. The van der Waals surface area contributed by atoms with Crippen molar-refractivity contribution in [3.05, 3.63) is 132 Å². The summed E-state index contributed by atoms with van der Waals surface area (Å²) in [5, 5.41) is 8.27. The van der Waals surface area contributed by atoms with Gasteiger partial charge in [0.1, 0.15) is 5.58 Å². The van der Waals surface area contributed by atoms with Crippen molar-refractivity contribution in [2.45, 2.75) is 6.04 Å². The van der Waals surface area contributed by atoms with Crippen LogP contribution in [0.15, 0.2) is 126 Å². The second-order valence-electron chi connectivity index (χ2n) is 9.15. The highest BCUT2D eigenvalue weighted by Gasteiger charge is 2.31. The molecule has 2 N–H and O–H groups in total. The molecule has 174 valence electrons. The molecule has 0 fully saturated rings. The van der Waals surface area contributed by atoms with Gasteiger partial charge < -0.3 is 15.2 Å². The fraction of sp³-hybridized carbons (Fsp3) is 0.0625. The zero-order valence-corrected chi connectivity index (χ0v) is 19.7. The first-order valence-electron chi connectivity index (χ1n) is 12.3. The Morgan fingerprint density at radius 1 is 0.694 bits per heavy atom. The number of anilines is 2. The van der Waals surface area contributed by atoms with Gasteiger partial charge in [0.25, 0.3) is 0 Å². The van der Waals surface area contributed by atoms with Gasteiger partial charge in [-0.15, -0.1) is 0 Å². The minimum atomic E-state index is 0.102. The number of para-hydroxylation sites is 2. The fourth-order valence-corrected chi connectivity index (χ4v) is 5.34. The predicted molar refractivity (Wildman–Crippen MR) is 148 cm³/mol. The number of hydrogen-bond donors (Lipinski definition) is 2. The first-order valence-corrected chi connectivity index (χ1v) is 12.3. The van der Waals surface area contributed by atoms with Crippen LogP contribution in [0.2, 0.25) is 0 Å². The minimum Gasteiger partial charge on any atom is -0.454 e. The smallest absolute Gasteiger partial charge is 0.159 e. The highest BCUT2D eigenvalue weighted by Crippen LogP contribution is 2.42. The lowest BCUT2D eigenvalue weighted by Crippen LogP contribution is -2.33. The van der Waals surface area contributed by atoms with E-state index in [1.807, 2.05) is 18.2 Å². The number of benzene rings is 5. The van der Waals surface area contributed by atoms with Crippen LogP contribution >= 0.6 is 0 Å². The van der Waals surface area contributed by atoms with Crippen molar-refractivity contribution in [1.82, 2.24) is 5.01 Å². The molecule has 0 spiro atoms. The first-order chi connectivity index (χ1) is 17.9. The average molecular weight is 468 g/mol. The van der Waals surface area contributed by atoms with E-state index in [1.54, 1.807) is 0 Å². The third-order valence-electron chi connectivity index (χ3n) is 7.00. The maximum Gasteiger partial charge on any atom is 0.159 e. The molecule has 2 heterocycles. The molecular weight excluding hydrogens is 442 g/mol. The molecule has 36 heavy (non-hydrogen) atoms. The molecule has 4 nitrogen and oxygen atoms in total. The summed E-state index contributed by atoms with van der Waals surface area (Å²) in [6, 6.07) is 42.4. The number of nitrogens with one attached hydrogen (secondary N) is 2. The Kier molecular flexibility index (Phi) is 4.97. The fourth-order valence-electron chi connectivity index (χ4n) is 5.34. The van der Waals surface area contributed by atoms with Crippen molar-refractivity contribution in [2.75, 3.05) is 17.4 Å². The van der Waals surface area contributed by atoms with E-state index in [1.165, 1.54) is 11.1 Å². The molecule has 0 saturated heterocycles. The molecule has 0 amide bonds. The SMILES string of the molecule is c1ccc(-c2ccc3c(oc4ccccc43)c2NCN2Nc3ccccc3C2c2ccccc2)cc1. The molecule has 1 aliphatic rings. The Labute approximate surface area is 209 Å². The van der Waals surface area contributed by atoms with E-state index < -0.39 is 0 Å². The Balaban J connectivity index is 1.32. The normalized spacial score (nSPS) is 15.2. The lowest BCUT2D eigenvalue weighted by molar-refractivity contribution is 0.317. The highest BCUT2D eigenvalue weighted by molar-refractivity contribution is 6.11. The molecule has 1 aliphatic heterocycles. The number of nitrogens with zero attached hydrogens (tertiary/aromatic N) is 1. The van der Waals surface area contributed by atoms with Gasteiger partial charge in [-0.3, -0.25) is 0 Å². The average Bonchev–Trinajstić information content (AvgIpc) is 3.51. The van der Waals surface area contributed by atoms with Gasteiger partial charge in [0.15, 0.2) is 5.58 Å². The van der Waals surface area contributed by atoms with Crippen LogP contribution in [0.3, 0.4) is 0 Å². The molecular formula is C32H25N3O. The van der Waals surface area contributed by atoms with Crippen LogP contribution in [0.1, 0.15) is 17.2 Å². The van der Waals surface area contributed by atoms with Gasteiger partial charge in [-0.25, -0.2) is 0 Å². The summed E-state index contributed by atoms with van der Waals surface area (Å²) in [4.78, 5) is 0. The lowest BCUT2D eigenvalue weighted by atomic mass is 9.98. The minimum absolute atomic E-state index is 0.102. The topological polar surface area (TPSA) is 40.4 Å². The second kappa shape index (κ2) is 8.59. The summed E-state index contributed by atoms with van der Waals surface area (Å²) in [6.07, 6.45) is 0. The van der Waals surface area contributed by atoms with Gasteiger partial charge in [-0.1, -0.05) is 103 Å². The van der Waals surface area contributed by atoms with E-state index in [0.717, 1.165) is 44.4 Å². The van der Waals surface area contributed by atoms with Gasteiger partial charge in [-0.05, 0) is 29.3 Å². The van der Waals surface area contributed by atoms with Crippen LogP contribution in [0.4, 0.5) is 11.4 Å². The van der Waals surface area contributed by atoms with Crippen molar-refractivity contribution in [3.63, 3.8) is 0 Å². The number of hydrazine groups is 1. The van der Waals surface area contributed by atoms with Gasteiger partial charge in [-0.2, -0.15) is 5.01 Å². The van der Waals surface area contributed by atoms with Crippen LogP contribution in [0.25, 0.3) is 33.1 Å². The van der Waals surface area contributed by atoms with Gasteiger partial charge >= 0.3 is 0 Å². The van der Waals surface area contributed by atoms with Gasteiger partial charge in [0.05, 0.1) is 24.1 Å². The van der Waals surface area contributed by atoms with Gasteiger partial charge in [0, 0.05) is 21.9 Å². The van der Waals surface area contributed by atoms with Crippen molar-refractivity contribution in [2.24, 2.45) is 0 Å². The molecule has 1 aromatic heterocycles. The van der Waals surface area contributed by atoms with Crippen LogP contribution in [-0.2, 0) is 0 Å². The van der Waals surface area contributed by atoms with Crippen LogP contribution in [-0.4, -0.2) is 11.7 Å². The number of hydrogen-bond acceptors (Lipinski definition) is 4. The summed E-state index contributed by atoms with van der Waals surface area (Å²) in [7, 11) is 0. The second-order valence-corrected chi connectivity index (χ2v) is 9.15. The van der Waals surface area contributed by atoms with Crippen LogP contribution in [0.5, 0.6) is 0 Å². The Morgan fingerprint density at radius 2 is 1.42 bits per heavy atom. The maximum atomic E-state index is 6.43. The zero-order valence-electron chi connectivity index (χ0n) is 19.7. The Morgan fingerprint density at radius 3 is 2.28 bits per heavy atom. The summed E-state index contributed by atoms with van der Waals surface area (Å²) < 4.78 is 6.43. The zero-order chi connectivity index (χ0) is 23.9. The molecule has 1 unspecified atom stereocenters. The van der Waals surface area contributed by atoms with E-state index in [0.29, 0.717) is 6.67 Å². The standard InChI is InChI=1S/C32H25N3O/c1-3-11-22(12-4-1)24-19-20-26-25-15-8-10-18-29(25)36-32(26)30(24)33-21-35-31(23-13-5-2-6-14-23)27-16-7-9-17-28(27)34-35/h1-20,31,33-34H,21H2. The summed E-state index contributed by atoms with van der Waals surface area (Å²) in [5.41, 5.74) is 12.3. The summed E-state index contributed by atoms with van der Waals surface area (Å²) in [5.74, 6) is 0. The number of fused-ring (bicyclic) bond motifs is 4. The molecule has 5 aromatic carbocycles. The van der Waals surface area contributed by atoms with Crippen LogP contribution < -0.4 is 10.7 Å². The van der Waals surface area contributed by atoms with E-state index in [-0.39, 0.29) is 6.04 Å². The first kappa shape index (κ1) is 20.8. The third-order valence-corrected chi connectivity index (χ3v) is 7.00. The van der Waals surface area contributed by atoms with Crippen molar-refractivity contribution >= 4 is 33.3 Å². The maximum absolute atomic E-state index is 6.43. The molecule has 4 heteroatoms. The lowest BCUT2D eigenvalue weighted by Gasteiger charge is -2.26. The highest BCUT2D eigenvalue weighted by atomic mass is 16.3. The van der Waals surface area contributed by atoms with E-state index in [2.05, 4.69) is 119 Å². The third kappa shape index (κ3) is 3.43. The quantitative estimate of drug-likeness (QED) is 0.269. The van der Waals surface area contributed by atoms with Crippen molar-refractivity contribution in [3.8, 4) is 11.1 Å². The molecule has 0 radical (unpaired) electrons. The number of rotatable bonds is 5. The summed E-state index contributed by atoms with van der Waals surface area (Å²) in [6.45, 7) is 0.588. The largest absolute Gasteiger partial charge is 0.454 e. The van der Waals surface area contributed by atoms with E-state index in [9.17, 15) is 0 Å². The molecule has 7 rings (SSSR count). The monoisotopic (exact) mass is 467 g/mol. The van der Waals surface area contributed by atoms with Crippen molar-refractivity contribution < 1.29 is 4.42 Å². The number of furan rings is 1.